The predicted molar refractivity (Wildman–Crippen MR) is 93.4 cm³/mol. The van der Waals surface area contributed by atoms with Gasteiger partial charge in [0, 0.05) is 12.0 Å². The normalized spacial score (nSPS) is 33.2. The molecular weight excluding hydrogens is 304 g/mol. The van der Waals surface area contributed by atoms with Crippen LogP contribution in [-0.2, 0) is 14.3 Å². The van der Waals surface area contributed by atoms with E-state index in [4.69, 9.17) is 4.74 Å². The van der Waals surface area contributed by atoms with Gasteiger partial charge in [-0.05, 0) is 64.4 Å². The van der Waals surface area contributed by atoms with Crippen LogP contribution in [0.4, 0.5) is 0 Å². The van der Waals surface area contributed by atoms with Crippen molar-refractivity contribution in [1.82, 2.24) is 0 Å². The molecule has 24 heavy (non-hydrogen) atoms. The molecule has 3 unspecified atom stereocenters. The summed E-state index contributed by atoms with van der Waals surface area (Å²) >= 11 is 0. The van der Waals surface area contributed by atoms with Crippen LogP contribution in [0.25, 0.3) is 0 Å². The number of esters is 1. The number of allylic oxidation sites excluding steroid dienone is 3. The number of carbonyl (C=O) groups excluding carboxylic acids is 2. The number of ether oxygens (including phenoxy) is 1. The third-order valence-corrected chi connectivity index (χ3v) is 5.32. The van der Waals surface area contributed by atoms with Gasteiger partial charge in [-0.1, -0.05) is 24.3 Å². The van der Waals surface area contributed by atoms with E-state index in [1.807, 2.05) is 19.9 Å². The number of aliphatic hydroxyl groups is 1. The van der Waals surface area contributed by atoms with Gasteiger partial charge >= 0.3 is 5.97 Å². The molecule has 2 aliphatic rings. The zero-order chi connectivity index (χ0) is 17.9. The summed E-state index contributed by atoms with van der Waals surface area (Å²) < 4.78 is 5.52. The van der Waals surface area contributed by atoms with Crippen molar-refractivity contribution in [2.45, 2.75) is 71.0 Å². The van der Waals surface area contributed by atoms with Gasteiger partial charge in [-0.3, -0.25) is 4.79 Å². The van der Waals surface area contributed by atoms with Gasteiger partial charge in [-0.2, -0.15) is 0 Å². The smallest absolute Gasteiger partial charge is 0.334 e. The fourth-order valence-corrected chi connectivity index (χ4v) is 3.28. The Hall–Kier alpha value is -1.68. The Morgan fingerprint density at radius 2 is 1.96 bits per heavy atom. The van der Waals surface area contributed by atoms with Gasteiger partial charge in [0.1, 0.15) is 0 Å². The number of hydrogen-bond donors (Lipinski definition) is 1. The van der Waals surface area contributed by atoms with Crippen molar-refractivity contribution in [1.29, 1.82) is 0 Å². The fraction of sp³-hybridized carbons (Fsp3) is 0.600. The van der Waals surface area contributed by atoms with Gasteiger partial charge in [0.2, 0.25) is 0 Å². The number of Topliss-reactive ketones (excluding diaryl/α,β-unsaturated/α-hetero) is 1. The van der Waals surface area contributed by atoms with E-state index in [2.05, 4.69) is 12.7 Å². The van der Waals surface area contributed by atoms with Crippen LogP contribution < -0.4 is 0 Å². The van der Waals surface area contributed by atoms with E-state index in [0.29, 0.717) is 37.7 Å². The van der Waals surface area contributed by atoms with Crippen molar-refractivity contribution in [2.24, 2.45) is 5.92 Å². The summed E-state index contributed by atoms with van der Waals surface area (Å²) in [5.41, 5.74) is 1.31. The lowest BCUT2D eigenvalue weighted by Crippen LogP contribution is -2.39. The first-order chi connectivity index (χ1) is 11.2. The van der Waals surface area contributed by atoms with Crippen molar-refractivity contribution in [3.63, 3.8) is 0 Å². The van der Waals surface area contributed by atoms with Gasteiger partial charge < -0.3 is 9.84 Å². The van der Waals surface area contributed by atoms with Crippen LogP contribution in [0.1, 0.15) is 59.3 Å². The molecule has 0 aromatic carbocycles. The standard InChI is InChI=1S/C20H28O4/c1-13-6-5-7-14(2)17(21)12-16-10-11-20(4,18(22)9-8-13)24-19(23)15(16)3/h6-7,16-17,21H,3,5,8-12H2,1-2,4H3. The molecule has 4 nitrogen and oxygen atoms in total. The van der Waals surface area contributed by atoms with Crippen LogP contribution in [-0.4, -0.2) is 28.6 Å². The number of aliphatic hydroxyl groups excluding tert-OH is 1. The third kappa shape index (κ3) is 4.23. The monoisotopic (exact) mass is 332 g/mol. The van der Waals surface area contributed by atoms with E-state index >= 15 is 0 Å². The highest BCUT2D eigenvalue weighted by molar-refractivity contribution is 5.94. The highest BCUT2D eigenvalue weighted by Gasteiger charge is 2.41. The second-order valence-electron chi connectivity index (χ2n) is 7.29. The molecule has 1 saturated heterocycles. The van der Waals surface area contributed by atoms with E-state index in [1.54, 1.807) is 6.92 Å². The van der Waals surface area contributed by atoms with E-state index in [1.165, 1.54) is 0 Å². The van der Waals surface area contributed by atoms with Crippen molar-refractivity contribution < 1.29 is 19.4 Å². The lowest BCUT2D eigenvalue weighted by Gasteiger charge is -2.26. The lowest BCUT2D eigenvalue weighted by atomic mass is 9.84. The molecular formula is C20H28O4. The first kappa shape index (κ1) is 18.7. The quantitative estimate of drug-likeness (QED) is 0.418. The molecule has 1 aliphatic carbocycles. The molecule has 4 heteroatoms. The summed E-state index contributed by atoms with van der Waals surface area (Å²) in [6, 6.07) is 0. The van der Waals surface area contributed by atoms with Crippen molar-refractivity contribution in [2.75, 3.05) is 0 Å². The molecule has 1 fully saturated rings. The van der Waals surface area contributed by atoms with Gasteiger partial charge in [0.15, 0.2) is 11.4 Å². The summed E-state index contributed by atoms with van der Waals surface area (Å²) in [6.45, 7) is 9.47. The molecule has 1 aliphatic heterocycles. The predicted octanol–water partition coefficient (Wildman–Crippen LogP) is 3.65. The summed E-state index contributed by atoms with van der Waals surface area (Å²) in [7, 11) is 0. The molecule has 0 aromatic rings. The molecule has 3 atom stereocenters. The molecule has 132 valence electrons. The van der Waals surface area contributed by atoms with Crippen LogP contribution in [0.2, 0.25) is 0 Å². The Morgan fingerprint density at radius 3 is 2.67 bits per heavy atom. The second-order valence-corrected chi connectivity index (χ2v) is 7.29. The molecule has 0 radical (unpaired) electrons. The Morgan fingerprint density at radius 1 is 1.25 bits per heavy atom. The number of ketones is 1. The molecule has 1 heterocycles. The molecule has 1 N–H and O–H groups in total. The van der Waals surface area contributed by atoms with Crippen LogP contribution >= 0.6 is 0 Å². The van der Waals surface area contributed by atoms with Crippen molar-refractivity contribution >= 4 is 11.8 Å². The maximum absolute atomic E-state index is 12.6. The molecule has 2 rings (SSSR count). The summed E-state index contributed by atoms with van der Waals surface area (Å²) in [6.07, 6.45) is 6.76. The summed E-state index contributed by atoms with van der Waals surface area (Å²) in [5, 5.41) is 10.4. The third-order valence-electron chi connectivity index (χ3n) is 5.32. The van der Waals surface area contributed by atoms with Crippen LogP contribution in [0.3, 0.4) is 0 Å². The number of hydrogen-bond acceptors (Lipinski definition) is 4. The fourth-order valence-electron chi connectivity index (χ4n) is 3.28. The number of rotatable bonds is 0. The number of carbonyl (C=O) groups is 2. The second kappa shape index (κ2) is 7.47. The van der Waals surface area contributed by atoms with Crippen molar-refractivity contribution in [3.05, 3.63) is 35.5 Å². The molecule has 0 amide bonds. The Labute approximate surface area is 144 Å². The van der Waals surface area contributed by atoms with E-state index in [-0.39, 0.29) is 11.7 Å². The minimum Gasteiger partial charge on any atom is -0.448 e. The Balaban J connectivity index is 2.35. The zero-order valence-corrected chi connectivity index (χ0v) is 14.9. The minimum absolute atomic E-state index is 0.0404. The molecule has 2 bridgehead atoms. The van der Waals surface area contributed by atoms with E-state index < -0.39 is 17.7 Å². The van der Waals surface area contributed by atoms with Crippen LogP contribution in [0, 0.1) is 5.92 Å². The lowest BCUT2D eigenvalue weighted by molar-refractivity contribution is -0.161. The Bertz CT molecular complexity index is 599. The van der Waals surface area contributed by atoms with Gasteiger partial charge in [0.05, 0.1) is 6.10 Å². The molecule has 0 spiro atoms. The first-order valence-corrected chi connectivity index (χ1v) is 8.68. The average molecular weight is 332 g/mol. The van der Waals surface area contributed by atoms with Crippen LogP contribution in [0.15, 0.2) is 35.5 Å². The minimum atomic E-state index is -1.09. The van der Waals surface area contributed by atoms with E-state index in [0.717, 1.165) is 17.6 Å². The van der Waals surface area contributed by atoms with Gasteiger partial charge in [-0.15, -0.1) is 0 Å². The summed E-state index contributed by atoms with van der Waals surface area (Å²) in [5.74, 6) is -0.712. The largest absolute Gasteiger partial charge is 0.448 e. The van der Waals surface area contributed by atoms with Crippen LogP contribution in [0.5, 0.6) is 0 Å². The van der Waals surface area contributed by atoms with Gasteiger partial charge in [-0.25, -0.2) is 4.79 Å². The van der Waals surface area contributed by atoms with Crippen molar-refractivity contribution in [3.8, 4) is 0 Å². The number of fused-ring (bicyclic) bond motifs is 3. The topological polar surface area (TPSA) is 63.6 Å². The van der Waals surface area contributed by atoms with E-state index in [9.17, 15) is 14.7 Å². The highest BCUT2D eigenvalue weighted by Crippen LogP contribution is 2.35. The first-order valence-electron chi connectivity index (χ1n) is 8.68. The zero-order valence-electron chi connectivity index (χ0n) is 14.9. The highest BCUT2D eigenvalue weighted by atomic mass is 16.6. The SMILES string of the molecule is C=C1C(=O)OC2(C)CCC1CC(O)C(C)=CCC=C(C)CCC2=O. The average Bonchev–Trinajstić information content (AvgIpc) is 2.64. The molecule has 0 saturated carbocycles. The maximum atomic E-state index is 12.6. The Kier molecular flexibility index (Phi) is 5.81. The maximum Gasteiger partial charge on any atom is 0.334 e. The van der Waals surface area contributed by atoms with Gasteiger partial charge in [0.25, 0.3) is 0 Å². The molecule has 0 aromatic heterocycles. The summed E-state index contributed by atoms with van der Waals surface area (Å²) in [4.78, 5) is 25.0.